The maximum absolute atomic E-state index is 13.2. The van der Waals surface area contributed by atoms with Crippen molar-refractivity contribution in [1.82, 2.24) is 4.98 Å². The first-order valence-corrected chi connectivity index (χ1v) is 7.32. The fourth-order valence-corrected chi connectivity index (χ4v) is 3.12. The number of aryl methyl sites for hydroxylation is 1. The highest BCUT2D eigenvalue weighted by Crippen LogP contribution is 2.32. The van der Waals surface area contributed by atoms with Gasteiger partial charge in [0.15, 0.2) is 5.13 Å². The van der Waals surface area contributed by atoms with Crippen molar-refractivity contribution in [2.75, 3.05) is 5.32 Å². The van der Waals surface area contributed by atoms with Gasteiger partial charge in [-0.05, 0) is 58.7 Å². The van der Waals surface area contributed by atoms with Crippen LogP contribution in [0, 0.1) is 12.7 Å². The molecule has 1 heterocycles. The summed E-state index contributed by atoms with van der Waals surface area (Å²) in [7, 11) is 0. The van der Waals surface area contributed by atoms with E-state index in [4.69, 9.17) is 0 Å². The maximum Gasteiger partial charge on any atom is 0.188 e. The lowest BCUT2D eigenvalue weighted by Gasteiger charge is -2.04. The fraction of sp³-hybridized carbons (Fsp3) is 0.0714. The number of benzene rings is 2. The van der Waals surface area contributed by atoms with Crippen LogP contribution in [-0.2, 0) is 0 Å². The number of anilines is 2. The molecule has 0 aliphatic heterocycles. The first-order chi connectivity index (χ1) is 9.11. The summed E-state index contributed by atoms with van der Waals surface area (Å²) in [6.45, 7) is 2.05. The molecule has 0 unspecified atom stereocenters. The van der Waals surface area contributed by atoms with Gasteiger partial charge < -0.3 is 5.32 Å². The Bertz CT molecular complexity index is 754. The number of hydrogen-bond acceptors (Lipinski definition) is 3. The van der Waals surface area contributed by atoms with Gasteiger partial charge in [-0.3, -0.25) is 0 Å². The molecule has 0 amide bonds. The Hall–Kier alpha value is -1.46. The predicted molar refractivity (Wildman–Crippen MR) is 81.7 cm³/mol. The van der Waals surface area contributed by atoms with Gasteiger partial charge in [0.25, 0.3) is 0 Å². The van der Waals surface area contributed by atoms with Crippen molar-refractivity contribution in [2.45, 2.75) is 6.92 Å². The van der Waals surface area contributed by atoms with Gasteiger partial charge in [-0.15, -0.1) is 0 Å². The summed E-state index contributed by atoms with van der Waals surface area (Å²) in [5, 5.41) is 3.90. The zero-order valence-corrected chi connectivity index (χ0v) is 12.5. The van der Waals surface area contributed by atoms with Gasteiger partial charge in [0, 0.05) is 4.47 Å². The third-order valence-corrected chi connectivity index (χ3v) is 4.34. The molecule has 0 radical (unpaired) electrons. The van der Waals surface area contributed by atoms with Gasteiger partial charge in [-0.25, -0.2) is 9.37 Å². The Morgan fingerprint density at radius 2 is 2.05 bits per heavy atom. The molecule has 2 nitrogen and oxygen atoms in total. The number of hydrogen-bond donors (Lipinski definition) is 1. The molecule has 0 fully saturated rings. The molecule has 96 valence electrons. The van der Waals surface area contributed by atoms with Gasteiger partial charge >= 0.3 is 0 Å². The predicted octanol–water partition coefficient (Wildman–Crippen LogP) is 5.25. The third kappa shape index (κ3) is 2.62. The van der Waals surface area contributed by atoms with Gasteiger partial charge in [0.05, 0.1) is 15.9 Å². The van der Waals surface area contributed by atoms with Crippen molar-refractivity contribution in [3.63, 3.8) is 0 Å². The molecule has 0 spiro atoms. The van der Waals surface area contributed by atoms with Gasteiger partial charge in [-0.1, -0.05) is 17.4 Å². The molecule has 3 rings (SSSR count). The van der Waals surface area contributed by atoms with Crippen LogP contribution in [0.15, 0.2) is 40.9 Å². The lowest BCUT2D eigenvalue weighted by atomic mass is 10.2. The molecule has 0 saturated heterocycles. The molecule has 0 aliphatic carbocycles. The SMILES string of the molecule is Cc1ccc2nc(Nc3cc(F)ccc3Br)sc2c1. The molecule has 0 bridgehead atoms. The minimum absolute atomic E-state index is 0.275. The van der Waals surface area contributed by atoms with Crippen LogP contribution in [0.2, 0.25) is 0 Å². The Kier molecular flexibility index (Phi) is 3.24. The lowest BCUT2D eigenvalue weighted by Crippen LogP contribution is -1.91. The first-order valence-electron chi connectivity index (χ1n) is 5.71. The van der Waals surface area contributed by atoms with Crippen LogP contribution in [-0.4, -0.2) is 4.98 Å². The number of thiazole rings is 1. The van der Waals surface area contributed by atoms with Crippen LogP contribution in [0.3, 0.4) is 0 Å². The van der Waals surface area contributed by atoms with Crippen LogP contribution < -0.4 is 5.32 Å². The molecule has 0 saturated carbocycles. The van der Waals surface area contributed by atoms with Crippen molar-refractivity contribution in [3.8, 4) is 0 Å². The van der Waals surface area contributed by atoms with Crippen molar-refractivity contribution >= 4 is 48.3 Å². The molecule has 0 atom stereocenters. The zero-order chi connectivity index (χ0) is 13.4. The molecule has 19 heavy (non-hydrogen) atoms. The van der Waals surface area contributed by atoms with E-state index < -0.39 is 0 Å². The number of nitrogens with zero attached hydrogens (tertiary/aromatic N) is 1. The normalized spacial score (nSPS) is 10.9. The fourth-order valence-electron chi connectivity index (χ4n) is 1.79. The van der Waals surface area contributed by atoms with E-state index in [1.807, 2.05) is 12.1 Å². The summed E-state index contributed by atoms with van der Waals surface area (Å²) in [4.78, 5) is 4.48. The minimum atomic E-state index is -0.275. The lowest BCUT2D eigenvalue weighted by molar-refractivity contribution is 0.628. The van der Waals surface area contributed by atoms with Crippen LogP contribution in [0.25, 0.3) is 10.2 Å². The minimum Gasteiger partial charge on any atom is -0.330 e. The van der Waals surface area contributed by atoms with Gasteiger partial charge in [0.1, 0.15) is 5.82 Å². The summed E-state index contributed by atoms with van der Waals surface area (Å²) in [5.41, 5.74) is 2.83. The van der Waals surface area contributed by atoms with E-state index in [0.29, 0.717) is 5.69 Å². The second-order valence-corrected chi connectivity index (χ2v) is 6.12. The highest BCUT2D eigenvalue weighted by molar-refractivity contribution is 9.10. The standard InChI is InChI=1S/C14H10BrFN2S/c1-8-2-5-11-13(6-8)19-14(17-11)18-12-7-9(16)3-4-10(12)15/h2-7H,1H3,(H,17,18). The average Bonchev–Trinajstić information content (AvgIpc) is 2.75. The number of nitrogens with one attached hydrogen (secondary N) is 1. The van der Waals surface area contributed by atoms with Crippen molar-refractivity contribution in [1.29, 1.82) is 0 Å². The van der Waals surface area contributed by atoms with Crippen molar-refractivity contribution < 1.29 is 4.39 Å². The molecule has 2 aromatic carbocycles. The highest BCUT2D eigenvalue weighted by Gasteiger charge is 2.07. The Morgan fingerprint density at radius 1 is 1.21 bits per heavy atom. The largest absolute Gasteiger partial charge is 0.330 e. The maximum atomic E-state index is 13.2. The topological polar surface area (TPSA) is 24.9 Å². The molecule has 1 aromatic heterocycles. The van der Waals surface area contributed by atoms with Crippen LogP contribution in [0.5, 0.6) is 0 Å². The molecular weight excluding hydrogens is 327 g/mol. The van der Waals surface area contributed by atoms with E-state index in [1.54, 1.807) is 17.4 Å². The molecule has 0 aliphatic rings. The zero-order valence-electron chi connectivity index (χ0n) is 10.1. The Balaban J connectivity index is 1.98. The summed E-state index contributed by atoms with van der Waals surface area (Å²) in [5.74, 6) is -0.275. The summed E-state index contributed by atoms with van der Waals surface area (Å²) < 4.78 is 15.2. The first kappa shape index (κ1) is 12.6. The van der Waals surface area contributed by atoms with Crippen molar-refractivity contribution in [2.24, 2.45) is 0 Å². The molecular formula is C14H10BrFN2S. The summed E-state index contributed by atoms with van der Waals surface area (Å²) >= 11 is 4.95. The van der Waals surface area contributed by atoms with Crippen molar-refractivity contribution in [3.05, 3.63) is 52.3 Å². The summed E-state index contributed by atoms with van der Waals surface area (Å²) in [6.07, 6.45) is 0. The summed E-state index contributed by atoms with van der Waals surface area (Å²) in [6, 6.07) is 10.7. The van der Waals surface area contributed by atoms with Crippen LogP contribution in [0.4, 0.5) is 15.2 Å². The Morgan fingerprint density at radius 3 is 2.89 bits per heavy atom. The van der Waals surface area contributed by atoms with Gasteiger partial charge in [0.2, 0.25) is 0 Å². The number of rotatable bonds is 2. The van der Waals surface area contributed by atoms with Crippen LogP contribution in [0.1, 0.15) is 5.56 Å². The van der Waals surface area contributed by atoms with E-state index in [2.05, 4.69) is 39.2 Å². The van der Waals surface area contributed by atoms with E-state index >= 15 is 0 Å². The monoisotopic (exact) mass is 336 g/mol. The van der Waals surface area contributed by atoms with E-state index in [1.165, 1.54) is 17.7 Å². The third-order valence-electron chi connectivity index (χ3n) is 2.71. The number of fused-ring (bicyclic) bond motifs is 1. The highest BCUT2D eigenvalue weighted by atomic mass is 79.9. The number of halogens is 2. The molecule has 3 aromatic rings. The van der Waals surface area contributed by atoms with E-state index in [0.717, 1.165) is 19.8 Å². The molecule has 5 heteroatoms. The van der Waals surface area contributed by atoms with Crippen LogP contribution >= 0.6 is 27.3 Å². The van der Waals surface area contributed by atoms with Gasteiger partial charge in [-0.2, -0.15) is 0 Å². The second-order valence-electron chi connectivity index (χ2n) is 4.24. The number of aromatic nitrogens is 1. The molecule has 1 N–H and O–H groups in total. The average molecular weight is 337 g/mol. The second kappa shape index (κ2) is 4.90. The smallest absolute Gasteiger partial charge is 0.188 e. The quantitative estimate of drug-likeness (QED) is 0.691. The Labute approximate surface area is 122 Å². The van der Waals surface area contributed by atoms with E-state index in [-0.39, 0.29) is 5.82 Å². The van der Waals surface area contributed by atoms with E-state index in [9.17, 15) is 4.39 Å².